The SMILES string of the molecule is O=C(Nc1ccc(-c2nc3ccccc3[nH]2)cc1)c1ccc(Cl)nc1. The number of benzene rings is 2. The fourth-order valence-electron chi connectivity index (χ4n) is 2.51. The quantitative estimate of drug-likeness (QED) is 0.534. The van der Waals surface area contributed by atoms with Gasteiger partial charge in [-0.25, -0.2) is 9.97 Å². The third-order valence-corrected chi connectivity index (χ3v) is 4.02. The number of nitrogens with one attached hydrogen (secondary N) is 2. The minimum atomic E-state index is -0.236. The van der Waals surface area contributed by atoms with E-state index in [1.807, 2.05) is 48.5 Å². The maximum absolute atomic E-state index is 12.2. The molecule has 0 aliphatic heterocycles. The van der Waals surface area contributed by atoms with Crippen LogP contribution in [0.5, 0.6) is 0 Å². The molecule has 0 unspecified atom stereocenters. The zero-order valence-electron chi connectivity index (χ0n) is 13.0. The highest BCUT2D eigenvalue weighted by Crippen LogP contribution is 2.22. The Morgan fingerprint density at radius 3 is 2.52 bits per heavy atom. The first kappa shape index (κ1) is 15.4. The number of imidazole rings is 1. The van der Waals surface area contributed by atoms with Gasteiger partial charge in [0.2, 0.25) is 0 Å². The second-order valence-corrected chi connectivity index (χ2v) is 5.89. The zero-order valence-corrected chi connectivity index (χ0v) is 13.8. The first-order valence-corrected chi connectivity index (χ1v) is 8.05. The van der Waals surface area contributed by atoms with Gasteiger partial charge >= 0.3 is 0 Å². The molecule has 6 heteroatoms. The number of halogens is 1. The van der Waals surface area contributed by atoms with Crippen LogP contribution in [-0.2, 0) is 0 Å². The Labute approximate surface area is 148 Å². The maximum atomic E-state index is 12.2. The molecule has 0 spiro atoms. The van der Waals surface area contributed by atoms with Crippen LogP contribution in [0.25, 0.3) is 22.4 Å². The van der Waals surface area contributed by atoms with Crippen LogP contribution in [0, 0.1) is 0 Å². The second kappa shape index (κ2) is 6.37. The molecule has 0 atom stereocenters. The highest BCUT2D eigenvalue weighted by Gasteiger charge is 2.08. The minimum Gasteiger partial charge on any atom is -0.338 e. The first-order chi connectivity index (χ1) is 12.2. The summed E-state index contributed by atoms with van der Waals surface area (Å²) in [6.07, 6.45) is 1.44. The molecule has 5 nitrogen and oxygen atoms in total. The smallest absolute Gasteiger partial charge is 0.257 e. The summed E-state index contributed by atoms with van der Waals surface area (Å²) in [5.74, 6) is 0.557. The van der Waals surface area contributed by atoms with Crippen molar-refractivity contribution in [3.8, 4) is 11.4 Å². The molecule has 0 fully saturated rings. The van der Waals surface area contributed by atoms with E-state index in [4.69, 9.17) is 11.6 Å². The molecule has 4 rings (SSSR count). The lowest BCUT2D eigenvalue weighted by Crippen LogP contribution is -2.11. The number of nitrogens with zero attached hydrogens (tertiary/aromatic N) is 2. The molecular weight excluding hydrogens is 336 g/mol. The van der Waals surface area contributed by atoms with Crippen LogP contribution in [0.1, 0.15) is 10.4 Å². The molecule has 25 heavy (non-hydrogen) atoms. The van der Waals surface area contributed by atoms with Gasteiger partial charge in [-0.1, -0.05) is 23.7 Å². The van der Waals surface area contributed by atoms with Crippen LogP contribution >= 0.6 is 11.6 Å². The lowest BCUT2D eigenvalue weighted by atomic mass is 10.2. The van der Waals surface area contributed by atoms with Gasteiger partial charge in [-0.15, -0.1) is 0 Å². The molecule has 0 saturated carbocycles. The highest BCUT2D eigenvalue weighted by molar-refractivity contribution is 6.29. The summed E-state index contributed by atoms with van der Waals surface area (Å²) in [4.78, 5) is 23.9. The molecule has 0 radical (unpaired) electrons. The summed E-state index contributed by atoms with van der Waals surface area (Å²) in [7, 11) is 0. The van der Waals surface area contributed by atoms with Crippen LogP contribution in [0.15, 0.2) is 66.9 Å². The fraction of sp³-hybridized carbons (Fsp3) is 0. The van der Waals surface area contributed by atoms with Crippen molar-refractivity contribution in [3.05, 3.63) is 77.6 Å². The van der Waals surface area contributed by atoms with Gasteiger partial charge in [-0.05, 0) is 48.5 Å². The highest BCUT2D eigenvalue weighted by atomic mass is 35.5. The number of aromatic amines is 1. The molecule has 4 aromatic rings. The number of pyridine rings is 1. The monoisotopic (exact) mass is 348 g/mol. The molecule has 0 aliphatic rings. The van der Waals surface area contributed by atoms with Crippen LogP contribution in [0.3, 0.4) is 0 Å². The van der Waals surface area contributed by atoms with E-state index in [1.165, 1.54) is 6.20 Å². The van der Waals surface area contributed by atoms with Crippen molar-refractivity contribution < 1.29 is 4.79 Å². The van der Waals surface area contributed by atoms with Gasteiger partial charge in [-0.3, -0.25) is 4.79 Å². The average molecular weight is 349 g/mol. The number of amides is 1. The van der Waals surface area contributed by atoms with Crippen molar-refractivity contribution in [1.82, 2.24) is 15.0 Å². The van der Waals surface area contributed by atoms with Crippen LogP contribution in [-0.4, -0.2) is 20.9 Å². The normalized spacial score (nSPS) is 10.8. The molecule has 0 saturated heterocycles. The van der Waals surface area contributed by atoms with Gasteiger partial charge in [0.25, 0.3) is 5.91 Å². The van der Waals surface area contributed by atoms with Gasteiger partial charge in [-0.2, -0.15) is 0 Å². The number of fused-ring (bicyclic) bond motifs is 1. The van der Waals surface area contributed by atoms with Gasteiger partial charge in [0, 0.05) is 17.4 Å². The third-order valence-electron chi connectivity index (χ3n) is 3.80. The number of carbonyl (C=O) groups excluding carboxylic acids is 1. The van der Waals surface area contributed by atoms with Crippen molar-refractivity contribution in [2.75, 3.05) is 5.32 Å². The first-order valence-electron chi connectivity index (χ1n) is 7.67. The molecule has 122 valence electrons. The average Bonchev–Trinajstić information content (AvgIpc) is 3.07. The topological polar surface area (TPSA) is 70.7 Å². The van der Waals surface area contributed by atoms with E-state index in [-0.39, 0.29) is 5.91 Å². The van der Waals surface area contributed by atoms with E-state index in [9.17, 15) is 4.79 Å². The lowest BCUT2D eigenvalue weighted by Gasteiger charge is -2.06. The number of aromatic nitrogens is 3. The number of anilines is 1. The van der Waals surface area contributed by atoms with E-state index in [2.05, 4.69) is 20.3 Å². The van der Waals surface area contributed by atoms with E-state index in [1.54, 1.807) is 12.1 Å². The lowest BCUT2D eigenvalue weighted by molar-refractivity contribution is 0.102. The van der Waals surface area contributed by atoms with Crippen molar-refractivity contribution in [1.29, 1.82) is 0 Å². The van der Waals surface area contributed by atoms with E-state index < -0.39 is 0 Å². The molecule has 2 aromatic carbocycles. The van der Waals surface area contributed by atoms with E-state index in [0.29, 0.717) is 16.4 Å². The van der Waals surface area contributed by atoms with Crippen LogP contribution in [0.2, 0.25) is 5.15 Å². The zero-order chi connectivity index (χ0) is 17.2. The molecular formula is C19H13ClN4O. The Bertz CT molecular complexity index is 1010. The van der Waals surface area contributed by atoms with Gasteiger partial charge in [0.1, 0.15) is 11.0 Å². The maximum Gasteiger partial charge on any atom is 0.257 e. The van der Waals surface area contributed by atoms with Gasteiger partial charge in [0.15, 0.2) is 0 Å². The number of rotatable bonds is 3. The summed E-state index contributed by atoms with van der Waals surface area (Å²) in [6.45, 7) is 0. The fourth-order valence-corrected chi connectivity index (χ4v) is 2.63. The van der Waals surface area contributed by atoms with Crippen LogP contribution in [0.4, 0.5) is 5.69 Å². The van der Waals surface area contributed by atoms with Crippen molar-refractivity contribution in [2.45, 2.75) is 0 Å². The van der Waals surface area contributed by atoms with Crippen LogP contribution < -0.4 is 5.32 Å². The Morgan fingerprint density at radius 1 is 1.00 bits per heavy atom. The number of hydrogen-bond acceptors (Lipinski definition) is 3. The van der Waals surface area contributed by atoms with Gasteiger partial charge in [0.05, 0.1) is 16.6 Å². The Kier molecular flexibility index (Phi) is 3.91. The van der Waals surface area contributed by atoms with Crippen molar-refractivity contribution in [2.24, 2.45) is 0 Å². The van der Waals surface area contributed by atoms with Crippen molar-refractivity contribution in [3.63, 3.8) is 0 Å². The Balaban J connectivity index is 1.53. The number of hydrogen-bond donors (Lipinski definition) is 2. The summed E-state index contributed by atoms with van der Waals surface area (Å²) in [6, 6.07) is 18.6. The van der Waals surface area contributed by atoms with Crippen molar-refractivity contribution >= 4 is 34.2 Å². The summed E-state index contributed by atoms with van der Waals surface area (Å²) in [5, 5.41) is 3.18. The molecule has 0 aliphatic carbocycles. The standard InChI is InChI=1S/C19H13ClN4O/c20-17-10-7-13(11-21-17)19(25)22-14-8-5-12(6-9-14)18-23-15-3-1-2-4-16(15)24-18/h1-11H,(H,22,25)(H,23,24). The molecule has 1 amide bonds. The minimum absolute atomic E-state index is 0.236. The largest absolute Gasteiger partial charge is 0.338 e. The van der Waals surface area contributed by atoms with E-state index in [0.717, 1.165) is 22.4 Å². The summed E-state index contributed by atoms with van der Waals surface area (Å²) < 4.78 is 0. The second-order valence-electron chi connectivity index (χ2n) is 5.50. The third kappa shape index (κ3) is 3.22. The molecule has 2 aromatic heterocycles. The number of para-hydroxylation sites is 2. The van der Waals surface area contributed by atoms with E-state index >= 15 is 0 Å². The Hall–Kier alpha value is -3.18. The number of H-pyrrole nitrogens is 1. The number of carbonyl (C=O) groups is 1. The van der Waals surface area contributed by atoms with Gasteiger partial charge < -0.3 is 10.3 Å². The summed E-state index contributed by atoms with van der Waals surface area (Å²) >= 11 is 5.73. The predicted octanol–water partition coefficient (Wildman–Crippen LogP) is 4.53. The molecule has 2 N–H and O–H groups in total. The predicted molar refractivity (Wildman–Crippen MR) is 98.7 cm³/mol. The summed E-state index contributed by atoms with van der Waals surface area (Å²) in [5.41, 5.74) is 4.00. The molecule has 0 bridgehead atoms. The Morgan fingerprint density at radius 2 is 1.80 bits per heavy atom. The molecule has 2 heterocycles.